The van der Waals surface area contributed by atoms with Gasteiger partial charge >= 0.3 is 12.8 Å². The van der Waals surface area contributed by atoms with Crippen LogP contribution in [0.5, 0.6) is 5.75 Å². The molecule has 2 aromatic rings. The van der Waals surface area contributed by atoms with E-state index in [9.17, 15) is 23.7 Å². The molecule has 0 spiro atoms. The van der Waals surface area contributed by atoms with Crippen LogP contribution < -0.4 is 10.1 Å². The van der Waals surface area contributed by atoms with Gasteiger partial charge in [0.2, 0.25) is 0 Å². The van der Waals surface area contributed by atoms with Crippen LogP contribution in [0.15, 0.2) is 77.4 Å². The van der Waals surface area contributed by atoms with Crippen LogP contribution in [-0.2, 0) is 15.9 Å². The van der Waals surface area contributed by atoms with Crippen LogP contribution in [0.2, 0.25) is 0 Å². The highest BCUT2D eigenvalue weighted by Crippen LogP contribution is 2.42. The Hall–Kier alpha value is -3.95. The molecule has 0 bridgehead atoms. The molecule has 3 rings (SSSR count). The van der Waals surface area contributed by atoms with Gasteiger partial charge in [-0.2, -0.15) is 8.78 Å². The molecule has 10 heteroatoms. The van der Waals surface area contributed by atoms with Crippen molar-refractivity contribution in [3.05, 3.63) is 98.7 Å². The van der Waals surface area contributed by atoms with Gasteiger partial charge in [0.1, 0.15) is 17.4 Å². The van der Waals surface area contributed by atoms with E-state index >= 15 is 0 Å². The number of rotatable bonds is 10. The fourth-order valence-corrected chi connectivity index (χ4v) is 3.90. The summed E-state index contributed by atoms with van der Waals surface area (Å²) in [6.07, 6.45) is 1.16. The smallest absolute Gasteiger partial charge is 0.435 e. The number of benzene rings is 2. The summed E-state index contributed by atoms with van der Waals surface area (Å²) >= 11 is 0. The van der Waals surface area contributed by atoms with Gasteiger partial charge in [0.15, 0.2) is 0 Å². The van der Waals surface area contributed by atoms with Crippen LogP contribution in [0.3, 0.4) is 0 Å². The zero-order valence-corrected chi connectivity index (χ0v) is 19.3. The van der Waals surface area contributed by atoms with Crippen molar-refractivity contribution in [2.75, 3.05) is 6.61 Å². The number of carbonyl (C=O) groups is 1. The summed E-state index contributed by atoms with van der Waals surface area (Å²) in [6, 6.07) is 15.5. The first-order valence-corrected chi connectivity index (χ1v) is 11.0. The molecule has 0 radical (unpaired) electrons. The summed E-state index contributed by atoms with van der Waals surface area (Å²) in [5.41, 5.74) is 1.38. The average molecular weight is 488 g/mol. The van der Waals surface area contributed by atoms with Crippen molar-refractivity contribution in [1.29, 1.82) is 0 Å². The third kappa shape index (κ3) is 6.78. The molecule has 0 saturated carbocycles. The summed E-state index contributed by atoms with van der Waals surface area (Å²) in [6.45, 7) is -0.00502. The van der Waals surface area contributed by atoms with Crippen molar-refractivity contribution >= 4 is 6.16 Å². The molecule has 1 unspecified atom stereocenters. The molecule has 1 N–H and O–H groups in total. The molecule has 0 fully saturated rings. The maximum atomic E-state index is 13.0. The molecule has 186 valence electrons. The van der Waals surface area contributed by atoms with Crippen molar-refractivity contribution in [2.45, 2.75) is 45.6 Å². The lowest BCUT2D eigenvalue weighted by Gasteiger charge is -2.27. The zero-order chi connectivity index (χ0) is 25.4. The monoisotopic (exact) mass is 488 g/mol. The number of hydrogen-bond donors (Lipinski definition) is 1. The Labute approximate surface area is 201 Å². The summed E-state index contributed by atoms with van der Waals surface area (Å²) in [7, 11) is 0. The second kappa shape index (κ2) is 12.0. The fourth-order valence-electron chi connectivity index (χ4n) is 3.90. The molecule has 8 nitrogen and oxygen atoms in total. The number of ether oxygens (including phenoxy) is 3. The van der Waals surface area contributed by atoms with Gasteiger partial charge in [0.05, 0.1) is 22.9 Å². The maximum absolute atomic E-state index is 13.0. The van der Waals surface area contributed by atoms with Crippen molar-refractivity contribution in [3.63, 3.8) is 0 Å². The Kier molecular flexibility index (Phi) is 8.77. The molecule has 2 aromatic carbocycles. The molecule has 0 saturated heterocycles. The first kappa shape index (κ1) is 25.7. The lowest BCUT2D eigenvalue weighted by atomic mass is 9.89. The minimum atomic E-state index is -3.14. The number of nitrogens with one attached hydrogen (secondary N) is 1. The molecule has 0 aliphatic carbocycles. The van der Waals surface area contributed by atoms with Crippen LogP contribution in [-0.4, -0.2) is 24.3 Å². The van der Waals surface area contributed by atoms with E-state index < -0.39 is 23.6 Å². The highest BCUT2D eigenvalue weighted by Gasteiger charge is 2.41. The number of dihydropyridines is 1. The van der Waals surface area contributed by atoms with Crippen molar-refractivity contribution in [3.8, 4) is 5.75 Å². The lowest BCUT2D eigenvalue weighted by molar-refractivity contribution is -0.431. The molecule has 1 aliphatic heterocycles. The van der Waals surface area contributed by atoms with Gasteiger partial charge in [-0.05, 0) is 44.7 Å². The molecular weight excluding hydrogens is 462 g/mol. The van der Waals surface area contributed by atoms with E-state index in [1.54, 1.807) is 6.92 Å². The van der Waals surface area contributed by atoms with Crippen molar-refractivity contribution < 1.29 is 32.7 Å². The van der Waals surface area contributed by atoms with Gasteiger partial charge in [-0.25, -0.2) is 4.79 Å². The van der Waals surface area contributed by atoms with Gasteiger partial charge < -0.3 is 19.5 Å². The number of carbonyl (C=O) groups excluding carboxylic acids is 1. The predicted molar refractivity (Wildman–Crippen MR) is 123 cm³/mol. The first-order chi connectivity index (χ1) is 16.8. The minimum absolute atomic E-state index is 0.0605. The van der Waals surface area contributed by atoms with Gasteiger partial charge in [-0.15, -0.1) is 0 Å². The Morgan fingerprint density at radius 3 is 2.43 bits per heavy atom. The Balaban J connectivity index is 1.74. The van der Waals surface area contributed by atoms with Gasteiger partial charge in [-0.3, -0.25) is 10.1 Å². The number of halogens is 2. The van der Waals surface area contributed by atoms with Crippen LogP contribution in [0.25, 0.3) is 0 Å². The average Bonchev–Trinajstić information content (AvgIpc) is 2.81. The molecule has 1 heterocycles. The largest absolute Gasteiger partial charge is 0.513 e. The first-order valence-electron chi connectivity index (χ1n) is 11.0. The van der Waals surface area contributed by atoms with E-state index in [-0.39, 0.29) is 35.1 Å². The quantitative estimate of drug-likeness (QED) is 0.193. The summed E-state index contributed by atoms with van der Waals surface area (Å²) in [5, 5.41) is 14.7. The van der Waals surface area contributed by atoms with Gasteiger partial charge in [0.25, 0.3) is 5.70 Å². The van der Waals surface area contributed by atoms with Crippen LogP contribution in [0.1, 0.15) is 43.7 Å². The van der Waals surface area contributed by atoms with E-state index in [1.807, 2.05) is 30.3 Å². The molecular formula is C25H26F2N2O6. The summed E-state index contributed by atoms with van der Waals surface area (Å²) < 4.78 is 41.1. The SMILES string of the molecule is CC1=C(OC(=O)OCCCCc2ccccc2)C(c2ccccc2OC(F)F)C([N+](=O)[O-])=C(C)N1. The van der Waals surface area contributed by atoms with E-state index in [2.05, 4.69) is 10.1 Å². The van der Waals surface area contributed by atoms with E-state index in [0.29, 0.717) is 12.1 Å². The summed E-state index contributed by atoms with van der Waals surface area (Å²) in [4.78, 5) is 23.7. The number of aryl methyl sites for hydroxylation is 1. The number of alkyl halides is 2. The highest BCUT2D eigenvalue weighted by molar-refractivity contribution is 5.63. The minimum Gasteiger partial charge on any atom is -0.435 e. The number of nitro groups is 1. The Morgan fingerprint density at radius 1 is 1.06 bits per heavy atom. The third-order valence-electron chi connectivity index (χ3n) is 5.42. The molecule has 1 atom stereocenters. The predicted octanol–water partition coefficient (Wildman–Crippen LogP) is 5.89. The molecule has 1 aliphatic rings. The van der Waals surface area contributed by atoms with Crippen molar-refractivity contribution in [2.24, 2.45) is 0 Å². The van der Waals surface area contributed by atoms with Crippen molar-refractivity contribution in [1.82, 2.24) is 5.32 Å². The fraction of sp³-hybridized carbons (Fsp3) is 0.320. The normalized spacial score (nSPS) is 15.6. The topological polar surface area (TPSA) is 99.9 Å². The number of para-hydroxylation sites is 1. The molecule has 0 amide bonds. The van der Waals surface area contributed by atoms with Crippen LogP contribution in [0.4, 0.5) is 13.6 Å². The maximum Gasteiger partial charge on any atom is 0.513 e. The van der Waals surface area contributed by atoms with Gasteiger partial charge in [-0.1, -0.05) is 48.5 Å². The third-order valence-corrected chi connectivity index (χ3v) is 5.42. The second-order valence-corrected chi connectivity index (χ2v) is 7.87. The summed E-state index contributed by atoms with van der Waals surface area (Å²) in [5.74, 6) is -1.65. The van der Waals surface area contributed by atoms with E-state index in [4.69, 9.17) is 9.47 Å². The standard InChI is InChI=1S/C25H26F2N2O6/c1-16-22(29(31)32)21(19-13-6-7-14-20(19)34-24(26)27)23(17(2)28-16)35-25(30)33-15-9-8-12-18-10-4-3-5-11-18/h3-7,10-11,13-14,21,24,28H,8-9,12,15H2,1-2H3. The lowest BCUT2D eigenvalue weighted by Crippen LogP contribution is -2.30. The highest BCUT2D eigenvalue weighted by atomic mass is 19.3. The molecule has 35 heavy (non-hydrogen) atoms. The number of unbranched alkanes of at least 4 members (excludes halogenated alkanes) is 1. The zero-order valence-electron chi connectivity index (χ0n) is 19.3. The number of allylic oxidation sites excluding steroid dienone is 2. The van der Waals surface area contributed by atoms with E-state index in [0.717, 1.165) is 12.8 Å². The number of hydrogen-bond acceptors (Lipinski definition) is 7. The Bertz CT molecular complexity index is 1120. The van der Waals surface area contributed by atoms with Crippen LogP contribution >= 0.6 is 0 Å². The van der Waals surface area contributed by atoms with Gasteiger partial charge in [0, 0.05) is 5.56 Å². The Morgan fingerprint density at radius 2 is 1.74 bits per heavy atom. The number of nitrogens with zero attached hydrogens (tertiary/aromatic N) is 1. The second-order valence-electron chi connectivity index (χ2n) is 7.87. The van der Waals surface area contributed by atoms with E-state index in [1.165, 1.54) is 36.8 Å². The molecule has 0 aromatic heterocycles. The van der Waals surface area contributed by atoms with Crippen LogP contribution in [0, 0.1) is 10.1 Å².